The SMILES string of the molecule is COc1ccccc1C(=O)NCC(c1ccc(N(C)C)cc1)N1CCN(C)CC1. The number of nitrogens with zero attached hydrogens (tertiary/aromatic N) is 3. The number of ether oxygens (including phenoxy) is 1. The third-order valence-corrected chi connectivity index (χ3v) is 5.58. The number of rotatable bonds is 7. The summed E-state index contributed by atoms with van der Waals surface area (Å²) in [7, 11) is 7.83. The lowest BCUT2D eigenvalue weighted by molar-refractivity contribution is 0.0883. The fourth-order valence-electron chi connectivity index (χ4n) is 3.70. The molecule has 1 fully saturated rings. The Kier molecular flexibility index (Phi) is 7.12. The van der Waals surface area contributed by atoms with Crippen LogP contribution in [0, 0.1) is 0 Å². The zero-order valence-corrected chi connectivity index (χ0v) is 17.9. The van der Waals surface area contributed by atoms with Crippen molar-refractivity contribution >= 4 is 11.6 Å². The molecule has 0 saturated carbocycles. The molecule has 1 unspecified atom stereocenters. The molecule has 1 saturated heterocycles. The molecule has 1 atom stereocenters. The van der Waals surface area contributed by atoms with Gasteiger partial charge in [-0.05, 0) is 36.9 Å². The summed E-state index contributed by atoms with van der Waals surface area (Å²) in [5.41, 5.74) is 2.96. The molecule has 156 valence electrons. The molecule has 6 nitrogen and oxygen atoms in total. The van der Waals surface area contributed by atoms with E-state index >= 15 is 0 Å². The minimum atomic E-state index is -0.105. The van der Waals surface area contributed by atoms with Crippen LogP contribution in [0.3, 0.4) is 0 Å². The summed E-state index contributed by atoms with van der Waals surface area (Å²) in [5.74, 6) is 0.489. The summed E-state index contributed by atoms with van der Waals surface area (Å²) in [6.45, 7) is 4.60. The van der Waals surface area contributed by atoms with Crippen LogP contribution >= 0.6 is 0 Å². The van der Waals surface area contributed by atoms with Crippen molar-refractivity contribution in [2.24, 2.45) is 0 Å². The van der Waals surface area contributed by atoms with Crippen LogP contribution in [-0.4, -0.2) is 76.7 Å². The third kappa shape index (κ3) is 5.28. The van der Waals surface area contributed by atoms with Gasteiger partial charge in [0.2, 0.25) is 0 Å². The first-order valence-corrected chi connectivity index (χ1v) is 10.1. The van der Waals surface area contributed by atoms with Gasteiger partial charge >= 0.3 is 0 Å². The molecular weight excluding hydrogens is 364 g/mol. The van der Waals surface area contributed by atoms with Gasteiger partial charge in [-0.1, -0.05) is 24.3 Å². The molecule has 0 aromatic heterocycles. The second-order valence-corrected chi connectivity index (χ2v) is 7.75. The molecule has 29 heavy (non-hydrogen) atoms. The number of amides is 1. The van der Waals surface area contributed by atoms with Crippen LogP contribution < -0.4 is 15.0 Å². The van der Waals surface area contributed by atoms with Crippen molar-refractivity contribution in [1.29, 1.82) is 0 Å². The number of carbonyl (C=O) groups excluding carboxylic acids is 1. The maximum atomic E-state index is 12.8. The first kappa shape index (κ1) is 21.1. The van der Waals surface area contributed by atoms with Gasteiger partial charge in [0.25, 0.3) is 5.91 Å². The second kappa shape index (κ2) is 9.76. The summed E-state index contributed by atoms with van der Waals surface area (Å²) >= 11 is 0. The van der Waals surface area contributed by atoms with Crippen molar-refractivity contribution in [3.63, 3.8) is 0 Å². The van der Waals surface area contributed by atoms with E-state index in [0.29, 0.717) is 17.9 Å². The second-order valence-electron chi connectivity index (χ2n) is 7.75. The molecule has 1 aliphatic rings. The van der Waals surface area contributed by atoms with Crippen LogP contribution in [0.25, 0.3) is 0 Å². The van der Waals surface area contributed by atoms with Crippen LogP contribution in [0.15, 0.2) is 48.5 Å². The summed E-state index contributed by atoms with van der Waals surface area (Å²) in [5, 5.41) is 3.13. The van der Waals surface area contributed by atoms with E-state index in [1.54, 1.807) is 13.2 Å². The Morgan fingerprint density at radius 2 is 1.72 bits per heavy atom. The molecule has 2 aromatic carbocycles. The van der Waals surface area contributed by atoms with Gasteiger partial charge in [-0.15, -0.1) is 0 Å². The molecule has 1 aliphatic heterocycles. The van der Waals surface area contributed by atoms with Gasteiger partial charge in [0.05, 0.1) is 18.7 Å². The number of para-hydroxylation sites is 1. The Hall–Kier alpha value is -2.57. The highest BCUT2D eigenvalue weighted by Crippen LogP contribution is 2.24. The maximum Gasteiger partial charge on any atom is 0.255 e. The topological polar surface area (TPSA) is 48.1 Å². The molecule has 2 aromatic rings. The van der Waals surface area contributed by atoms with E-state index in [0.717, 1.165) is 26.2 Å². The van der Waals surface area contributed by atoms with Crippen LogP contribution in [0.4, 0.5) is 5.69 Å². The van der Waals surface area contributed by atoms with Gasteiger partial charge in [0, 0.05) is 52.5 Å². The van der Waals surface area contributed by atoms with E-state index in [1.165, 1.54) is 11.3 Å². The van der Waals surface area contributed by atoms with Crippen LogP contribution in [0.2, 0.25) is 0 Å². The van der Waals surface area contributed by atoms with E-state index in [2.05, 4.69) is 51.3 Å². The minimum Gasteiger partial charge on any atom is -0.496 e. The lowest BCUT2D eigenvalue weighted by Crippen LogP contribution is -2.48. The summed E-state index contributed by atoms with van der Waals surface area (Å²) in [6, 6.07) is 16.1. The van der Waals surface area contributed by atoms with Crippen LogP contribution in [-0.2, 0) is 0 Å². The number of nitrogens with one attached hydrogen (secondary N) is 1. The molecule has 1 heterocycles. The van der Waals surface area contributed by atoms with E-state index in [4.69, 9.17) is 4.74 Å². The van der Waals surface area contributed by atoms with E-state index < -0.39 is 0 Å². The zero-order chi connectivity index (χ0) is 20.8. The van der Waals surface area contributed by atoms with Gasteiger partial charge < -0.3 is 19.9 Å². The molecule has 0 aliphatic carbocycles. The van der Waals surface area contributed by atoms with Crippen molar-refractivity contribution in [3.8, 4) is 5.75 Å². The molecule has 3 rings (SSSR count). The Balaban J connectivity index is 1.77. The van der Waals surface area contributed by atoms with Crippen LogP contribution in [0.1, 0.15) is 22.0 Å². The minimum absolute atomic E-state index is 0.105. The predicted octanol–water partition coefficient (Wildman–Crippen LogP) is 2.48. The van der Waals surface area contributed by atoms with Crippen molar-refractivity contribution in [2.45, 2.75) is 6.04 Å². The number of methoxy groups -OCH3 is 1. The number of carbonyl (C=O) groups is 1. The van der Waals surface area contributed by atoms with Crippen LogP contribution in [0.5, 0.6) is 5.75 Å². The highest BCUT2D eigenvalue weighted by atomic mass is 16.5. The Morgan fingerprint density at radius 3 is 2.34 bits per heavy atom. The van der Waals surface area contributed by atoms with Crippen molar-refractivity contribution in [2.75, 3.05) is 65.9 Å². The first-order valence-electron chi connectivity index (χ1n) is 10.1. The zero-order valence-electron chi connectivity index (χ0n) is 17.9. The number of piperazine rings is 1. The number of likely N-dealkylation sites (N-methyl/N-ethyl adjacent to an activating group) is 1. The number of hydrogen-bond donors (Lipinski definition) is 1. The molecule has 0 spiro atoms. The van der Waals surface area contributed by atoms with Gasteiger partial charge in [0.1, 0.15) is 5.75 Å². The van der Waals surface area contributed by atoms with E-state index in [1.807, 2.05) is 32.3 Å². The van der Waals surface area contributed by atoms with E-state index in [9.17, 15) is 4.79 Å². The van der Waals surface area contributed by atoms with Crippen molar-refractivity contribution in [1.82, 2.24) is 15.1 Å². The Labute approximate surface area is 174 Å². The van der Waals surface area contributed by atoms with Gasteiger partial charge in [-0.2, -0.15) is 0 Å². The van der Waals surface area contributed by atoms with Gasteiger partial charge in [0.15, 0.2) is 0 Å². The Bertz CT molecular complexity index is 799. The summed E-state index contributed by atoms with van der Waals surface area (Å²) in [6.07, 6.45) is 0. The molecule has 0 bridgehead atoms. The summed E-state index contributed by atoms with van der Waals surface area (Å²) in [4.78, 5) is 19.7. The average molecular weight is 397 g/mol. The largest absolute Gasteiger partial charge is 0.496 e. The van der Waals surface area contributed by atoms with Crippen molar-refractivity contribution in [3.05, 3.63) is 59.7 Å². The number of anilines is 1. The lowest BCUT2D eigenvalue weighted by Gasteiger charge is -2.38. The highest BCUT2D eigenvalue weighted by Gasteiger charge is 2.25. The predicted molar refractivity (Wildman–Crippen MR) is 118 cm³/mol. The fraction of sp³-hybridized carbons (Fsp3) is 0.435. The molecule has 1 amide bonds. The number of hydrogen-bond acceptors (Lipinski definition) is 5. The van der Waals surface area contributed by atoms with E-state index in [-0.39, 0.29) is 11.9 Å². The smallest absolute Gasteiger partial charge is 0.255 e. The maximum absolute atomic E-state index is 12.8. The normalized spacial score (nSPS) is 16.3. The highest BCUT2D eigenvalue weighted by molar-refractivity contribution is 5.96. The van der Waals surface area contributed by atoms with Crippen molar-refractivity contribution < 1.29 is 9.53 Å². The first-order chi connectivity index (χ1) is 14.0. The molecular formula is C23H32N4O2. The van der Waals surface area contributed by atoms with Gasteiger partial charge in [-0.25, -0.2) is 0 Å². The molecule has 0 radical (unpaired) electrons. The fourth-order valence-corrected chi connectivity index (χ4v) is 3.70. The quantitative estimate of drug-likeness (QED) is 0.779. The summed E-state index contributed by atoms with van der Waals surface area (Å²) < 4.78 is 5.34. The lowest BCUT2D eigenvalue weighted by atomic mass is 10.0. The molecule has 6 heteroatoms. The number of benzene rings is 2. The third-order valence-electron chi connectivity index (χ3n) is 5.58. The Morgan fingerprint density at radius 1 is 1.07 bits per heavy atom. The van der Waals surface area contributed by atoms with Gasteiger partial charge in [-0.3, -0.25) is 9.69 Å². The standard InChI is InChI=1S/C23H32N4O2/c1-25(2)19-11-9-18(10-12-19)21(27-15-13-26(3)14-16-27)17-24-23(28)20-7-5-6-8-22(20)29-4/h5-12,21H,13-17H2,1-4H3,(H,24,28). The molecule has 1 N–H and O–H groups in total. The average Bonchev–Trinajstić information content (AvgIpc) is 2.75. The monoisotopic (exact) mass is 396 g/mol.